The highest BCUT2D eigenvalue weighted by atomic mass is 19.3. The SMILES string of the molecule is O=C(c1ccc(OC(F)F)cc1)N1CCC[C@@](O)(CN2CCCC2)C1. The zero-order valence-corrected chi connectivity index (χ0v) is 14.2. The molecule has 0 bridgehead atoms. The number of aliphatic hydroxyl groups is 1. The Kier molecular flexibility index (Phi) is 5.54. The molecule has 7 heteroatoms. The molecule has 25 heavy (non-hydrogen) atoms. The van der Waals surface area contributed by atoms with Crippen LogP contribution in [0, 0.1) is 0 Å². The molecule has 0 spiro atoms. The lowest BCUT2D eigenvalue weighted by molar-refractivity contribution is -0.0499. The van der Waals surface area contributed by atoms with Crippen molar-refractivity contribution in [2.24, 2.45) is 0 Å². The molecule has 1 aromatic rings. The van der Waals surface area contributed by atoms with E-state index in [-0.39, 0.29) is 11.7 Å². The van der Waals surface area contributed by atoms with E-state index < -0.39 is 12.2 Å². The number of carbonyl (C=O) groups is 1. The number of hydrogen-bond donors (Lipinski definition) is 1. The van der Waals surface area contributed by atoms with Gasteiger partial charge in [-0.05, 0) is 63.0 Å². The minimum atomic E-state index is -2.88. The van der Waals surface area contributed by atoms with Crippen LogP contribution in [0.4, 0.5) is 8.78 Å². The lowest BCUT2D eigenvalue weighted by Crippen LogP contribution is -2.55. The molecule has 0 aliphatic carbocycles. The lowest BCUT2D eigenvalue weighted by Gasteiger charge is -2.41. The van der Waals surface area contributed by atoms with Gasteiger partial charge in [-0.1, -0.05) is 0 Å². The zero-order chi connectivity index (χ0) is 17.9. The van der Waals surface area contributed by atoms with Crippen molar-refractivity contribution in [1.29, 1.82) is 0 Å². The molecule has 2 fully saturated rings. The van der Waals surface area contributed by atoms with Crippen LogP contribution in [0.5, 0.6) is 5.75 Å². The van der Waals surface area contributed by atoms with E-state index in [0.717, 1.165) is 32.4 Å². The van der Waals surface area contributed by atoms with Crippen LogP contribution in [0.15, 0.2) is 24.3 Å². The van der Waals surface area contributed by atoms with E-state index in [1.807, 2.05) is 0 Å². The molecule has 3 rings (SSSR count). The van der Waals surface area contributed by atoms with Crippen molar-refractivity contribution in [2.75, 3.05) is 32.7 Å². The third-order valence-electron chi connectivity index (χ3n) is 4.89. The van der Waals surface area contributed by atoms with Crippen molar-refractivity contribution < 1.29 is 23.4 Å². The molecular weight excluding hydrogens is 330 g/mol. The van der Waals surface area contributed by atoms with Crippen LogP contribution >= 0.6 is 0 Å². The Hall–Kier alpha value is -1.73. The lowest BCUT2D eigenvalue weighted by atomic mass is 9.91. The second kappa shape index (κ2) is 7.66. The van der Waals surface area contributed by atoms with Crippen molar-refractivity contribution in [3.05, 3.63) is 29.8 Å². The van der Waals surface area contributed by atoms with Gasteiger partial charge in [0, 0.05) is 18.7 Å². The van der Waals surface area contributed by atoms with Gasteiger partial charge in [0.15, 0.2) is 0 Å². The Balaban J connectivity index is 1.62. The summed E-state index contributed by atoms with van der Waals surface area (Å²) < 4.78 is 28.7. The predicted octanol–water partition coefficient (Wildman–Crippen LogP) is 2.35. The van der Waals surface area contributed by atoms with Gasteiger partial charge >= 0.3 is 6.61 Å². The number of β-amino-alcohol motifs (C(OH)–C–C–N with tert-alkyl or cyclic N) is 1. The first-order chi connectivity index (χ1) is 12.0. The van der Waals surface area contributed by atoms with Gasteiger partial charge in [0.25, 0.3) is 5.91 Å². The average Bonchev–Trinajstić information content (AvgIpc) is 3.06. The van der Waals surface area contributed by atoms with E-state index in [2.05, 4.69) is 9.64 Å². The van der Waals surface area contributed by atoms with Gasteiger partial charge in [-0.3, -0.25) is 4.79 Å². The van der Waals surface area contributed by atoms with Crippen molar-refractivity contribution in [3.8, 4) is 5.75 Å². The number of halogens is 2. The number of hydrogen-bond acceptors (Lipinski definition) is 4. The third kappa shape index (κ3) is 4.67. The number of nitrogens with zero attached hydrogens (tertiary/aromatic N) is 2. The Morgan fingerprint density at radius 2 is 1.84 bits per heavy atom. The van der Waals surface area contributed by atoms with Gasteiger partial charge in [-0.25, -0.2) is 0 Å². The minimum absolute atomic E-state index is 0.0238. The Bertz CT molecular complexity index is 590. The Morgan fingerprint density at radius 1 is 1.16 bits per heavy atom. The summed E-state index contributed by atoms with van der Waals surface area (Å²) in [6, 6.07) is 5.68. The maximum absolute atomic E-state index is 12.7. The summed E-state index contributed by atoms with van der Waals surface area (Å²) in [7, 11) is 0. The van der Waals surface area contributed by atoms with E-state index in [9.17, 15) is 18.7 Å². The summed E-state index contributed by atoms with van der Waals surface area (Å²) in [6.07, 6.45) is 3.76. The molecule has 0 aromatic heterocycles. The third-order valence-corrected chi connectivity index (χ3v) is 4.89. The summed E-state index contributed by atoms with van der Waals surface area (Å²) in [5, 5.41) is 10.9. The van der Waals surface area contributed by atoms with Crippen LogP contribution in [0.2, 0.25) is 0 Å². The van der Waals surface area contributed by atoms with Gasteiger partial charge in [0.2, 0.25) is 0 Å². The topological polar surface area (TPSA) is 53.0 Å². The molecule has 2 aliphatic rings. The van der Waals surface area contributed by atoms with Crippen LogP contribution in [-0.4, -0.2) is 65.7 Å². The summed E-state index contributed by atoms with van der Waals surface area (Å²) in [6.45, 7) is 0.611. The highest BCUT2D eigenvalue weighted by Crippen LogP contribution is 2.26. The molecule has 2 aliphatic heterocycles. The van der Waals surface area contributed by atoms with E-state index in [0.29, 0.717) is 31.6 Å². The van der Waals surface area contributed by atoms with Gasteiger partial charge in [-0.15, -0.1) is 0 Å². The Labute approximate surface area is 146 Å². The Morgan fingerprint density at radius 3 is 2.48 bits per heavy atom. The molecule has 5 nitrogen and oxygen atoms in total. The number of alkyl halides is 2. The molecule has 1 N–H and O–H groups in total. The molecular formula is C18H24F2N2O3. The molecule has 1 atom stereocenters. The van der Waals surface area contributed by atoms with Gasteiger partial charge < -0.3 is 19.6 Å². The average molecular weight is 354 g/mol. The smallest absolute Gasteiger partial charge is 0.387 e. The summed E-state index contributed by atoms with van der Waals surface area (Å²) in [5.41, 5.74) is -0.469. The van der Waals surface area contributed by atoms with Gasteiger partial charge in [0.05, 0.1) is 12.1 Å². The fourth-order valence-electron chi connectivity index (χ4n) is 3.73. The largest absolute Gasteiger partial charge is 0.435 e. The summed E-state index contributed by atoms with van der Waals surface area (Å²) in [4.78, 5) is 16.6. The molecule has 1 amide bonds. The van der Waals surface area contributed by atoms with Crippen molar-refractivity contribution >= 4 is 5.91 Å². The maximum Gasteiger partial charge on any atom is 0.387 e. The first kappa shape index (κ1) is 18.1. The number of rotatable bonds is 5. The minimum Gasteiger partial charge on any atom is -0.435 e. The first-order valence-corrected chi connectivity index (χ1v) is 8.74. The number of amides is 1. The van der Waals surface area contributed by atoms with Gasteiger partial charge in [0.1, 0.15) is 5.75 Å². The number of carbonyl (C=O) groups excluding carboxylic acids is 1. The fraction of sp³-hybridized carbons (Fsp3) is 0.611. The quantitative estimate of drug-likeness (QED) is 0.882. The highest BCUT2D eigenvalue weighted by molar-refractivity contribution is 5.94. The van der Waals surface area contributed by atoms with Crippen LogP contribution < -0.4 is 4.74 Å². The summed E-state index contributed by atoms with van der Waals surface area (Å²) >= 11 is 0. The van der Waals surface area contributed by atoms with Crippen LogP contribution in [-0.2, 0) is 0 Å². The van der Waals surface area contributed by atoms with Crippen LogP contribution in [0.3, 0.4) is 0 Å². The number of likely N-dealkylation sites (tertiary alicyclic amines) is 2. The predicted molar refractivity (Wildman–Crippen MR) is 88.8 cm³/mol. The number of ether oxygens (including phenoxy) is 1. The van der Waals surface area contributed by atoms with Crippen molar-refractivity contribution in [1.82, 2.24) is 9.80 Å². The first-order valence-electron chi connectivity index (χ1n) is 8.74. The molecule has 2 heterocycles. The monoisotopic (exact) mass is 354 g/mol. The molecule has 0 saturated carbocycles. The zero-order valence-electron chi connectivity index (χ0n) is 14.2. The van der Waals surface area contributed by atoms with E-state index in [4.69, 9.17) is 0 Å². The second-order valence-electron chi connectivity index (χ2n) is 6.94. The van der Waals surface area contributed by atoms with E-state index in [1.54, 1.807) is 4.90 Å². The molecule has 0 radical (unpaired) electrons. The summed E-state index contributed by atoms with van der Waals surface area (Å²) in [5.74, 6) is -0.168. The van der Waals surface area contributed by atoms with Gasteiger partial charge in [-0.2, -0.15) is 8.78 Å². The van der Waals surface area contributed by atoms with Crippen molar-refractivity contribution in [2.45, 2.75) is 37.9 Å². The van der Waals surface area contributed by atoms with Crippen molar-refractivity contribution in [3.63, 3.8) is 0 Å². The number of piperidine rings is 1. The van der Waals surface area contributed by atoms with E-state index in [1.165, 1.54) is 24.3 Å². The number of benzene rings is 1. The van der Waals surface area contributed by atoms with Crippen LogP contribution in [0.1, 0.15) is 36.0 Å². The fourth-order valence-corrected chi connectivity index (χ4v) is 3.73. The highest BCUT2D eigenvalue weighted by Gasteiger charge is 2.37. The maximum atomic E-state index is 12.7. The normalized spacial score (nSPS) is 24.7. The molecule has 0 unspecified atom stereocenters. The second-order valence-corrected chi connectivity index (χ2v) is 6.94. The molecule has 138 valence electrons. The molecule has 1 aromatic carbocycles. The standard InChI is InChI=1S/C18H24F2N2O3/c19-17(20)25-15-6-4-14(5-7-15)16(23)22-11-3-8-18(24,13-22)12-21-9-1-2-10-21/h4-7,17,24H,1-3,8-13H2/t18-/m1/s1. The molecule has 2 saturated heterocycles. The van der Waals surface area contributed by atoms with E-state index >= 15 is 0 Å². The van der Waals surface area contributed by atoms with Crippen LogP contribution in [0.25, 0.3) is 0 Å².